The maximum absolute atomic E-state index is 11.3. The van der Waals surface area contributed by atoms with Gasteiger partial charge in [0.15, 0.2) is 0 Å². The predicted octanol–water partition coefficient (Wildman–Crippen LogP) is 2.45. The summed E-state index contributed by atoms with van der Waals surface area (Å²) in [6.07, 6.45) is 0. The predicted molar refractivity (Wildman–Crippen MR) is 68.2 cm³/mol. The highest BCUT2D eigenvalue weighted by molar-refractivity contribution is 5.89. The maximum atomic E-state index is 11.3. The molecule has 0 amide bonds. The molecule has 0 unspecified atom stereocenters. The summed E-state index contributed by atoms with van der Waals surface area (Å²) in [6, 6.07) is 11.0. The van der Waals surface area contributed by atoms with Gasteiger partial charge in [-0.15, -0.1) is 0 Å². The van der Waals surface area contributed by atoms with Crippen molar-refractivity contribution in [2.75, 3.05) is 14.2 Å². The minimum Gasteiger partial charge on any atom is -0.465 e. The summed E-state index contributed by atoms with van der Waals surface area (Å²) in [6.45, 7) is 0.695. The second-order valence-electron chi connectivity index (χ2n) is 3.87. The number of furan rings is 1. The van der Waals surface area contributed by atoms with Gasteiger partial charge in [-0.3, -0.25) is 0 Å². The minimum atomic E-state index is -0.336. The number of esters is 1. The zero-order chi connectivity index (χ0) is 13.0. The number of carbonyl (C=O) groups is 1. The van der Waals surface area contributed by atoms with E-state index in [0.717, 1.165) is 17.1 Å². The van der Waals surface area contributed by atoms with E-state index in [-0.39, 0.29) is 5.97 Å². The van der Waals surface area contributed by atoms with Crippen molar-refractivity contribution in [3.05, 3.63) is 47.7 Å². The number of hydrogen-bond acceptors (Lipinski definition) is 4. The molecule has 2 rings (SSSR count). The van der Waals surface area contributed by atoms with Crippen molar-refractivity contribution in [1.82, 2.24) is 5.32 Å². The first-order chi connectivity index (χ1) is 8.74. The molecule has 0 spiro atoms. The molecule has 4 heteroatoms. The molecular weight excluding hydrogens is 230 g/mol. The molecular formula is C14H15NO3. The van der Waals surface area contributed by atoms with Gasteiger partial charge in [-0.2, -0.15) is 0 Å². The SMILES string of the molecule is CNCc1ccc(-c2ccc(C(=O)OC)cc2)o1. The molecule has 0 aliphatic rings. The molecule has 0 radical (unpaired) electrons. The van der Waals surface area contributed by atoms with Crippen LogP contribution in [0.2, 0.25) is 0 Å². The van der Waals surface area contributed by atoms with Crippen molar-refractivity contribution in [2.24, 2.45) is 0 Å². The van der Waals surface area contributed by atoms with Gasteiger partial charge >= 0.3 is 5.97 Å². The summed E-state index contributed by atoms with van der Waals surface area (Å²) in [7, 11) is 3.24. The van der Waals surface area contributed by atoms with E-state index < -0.39 is 0 Å². The van der Waals surface area contributed by atoms with Crippen LogP contribution in [0.3, 0.4) is 0 Å². The number of benzene rings is 1. The molecule has 0 aliphatic heterocycles. The van der Waals surface area contributed by atoms with Crippen LogP contribution in [0.1, 0.15) is 16.1 Å². The van der Waals surface area contributed by atoms with Crippen LogP contribution in [0.15, 0.2) is 40.8 Å². The van der Waals surface area contributed by atoms with Crippen LogP contribution in [0.4, 0.5) is 0 Å². The molecule has 0 saturated carbocycles. The first-order valence-electron chi connectivity index (χ1n) is 5.66. The molecule has 0 saturated heterocycles. The van der Waals surface area contributed by atoms with Gasteiger partial charge in [0.2, 0.25) is 0 Å². The summed E-state index contributed by atoms with van der Waals surface area (Å²) in [5.41, 5.74) is 1.47. The van der Waals surface area contributed by atoms with Crippen LogP contribution in [-0.4, -0.2) is 20.1 Å². The Kier molecular flexibility index (Phi) is 3.79. The number of nitrogens with one attached hydrogen (secondary N) is 1. The molecule has 94 valence electrons. The van der Waals surface area contributed by atoms with Gasteiger partial charge in [0.1, 0.15) is 11.5 Å². The van der Waals surface area contributed by atoms with Crippen molar-refractivity contribution in [1.29, 1.82) is 0 Å². The van der Waals surface area contributed by atoms with Gasteiger partial charge in [-0.05, 0) is 31.3 Å². The lowest BCUT2D eigenvalue weighted by Crippen LogP contribution is -2.03. The van der Waals surface area contributed by atoms with Crippen LogP contribution in [-0.2, 0) is 11.3 Å². The third kappa shape index (κ3) is 2.60. The Bertz CT molecular complexity index is 528. The lowest BCUT2D eigenvalue weighted by Gasteiger charge is -2.01. The molecule has 4 nitrogen and oxygen atoms in total. The fraction of sp³-hybridized carbons (Fsp3) is 0.214. The molecule has 1 aromatic heterocycles. The van der Waals surface area contributed by atoms with Gasteiger partial charge in [-0.1, -0.05) is 12.1 Å². The van der Waals surface area contributed by atoms with Crippen molar-refractivity contribution < 1.29 is 13.9 Å². The minimum absolute atomic E-state index is 0.336. The molecule has 1 N–H and O–H groups in total. The van der Waals surface area contributed by atoms with Crippen molar-refractivity contribution in [3.63, 3.8) is 0 Å². The molecule has 1 heterocycles. The monoisotopic (exact) mass is 245 g/mol. The average molecular weight is 245 g/mol. The second kappa shape index (κ2) is 5.51. The lowest BCUT2D eigenvalue weighted by molar-refractivity contribution is 0.0601. The third-order valence-electron chi connectivity index (χ3n) is 2.60. The zero-order valence-corrected chi connectivity index (χ0v) is 10.4. The zero-order valence-electron chi connectivity index (χ0n) is 10.4. The second-order valence-corrected chi connectivity index (χ2v) is 3.87. The average Bonchev–Trinajstić information content (AvgIpc) is 2.87. The molecule has 0 atom stereocenters. The van der Waals surface area contributed by atoms with Crippen LogP contribution >= 0.6 is 0 Å². The first kappa shape index (κ1) is 12.4. The van der Waals surface area contributed by atoms with Crippen molar-refractivity contribution in [2.45, 2.75) is 6.54 Å². The van der Waals surface area contributed by atoms with E-state index in [9.17, 15) is 4.79 Å². The van der Waals surface area contributed by atoms with E-state index in [1.807, 2.05) is 31.3 Å². The van der Waals surface area contributed by atoms with Crippen molar-refractivity contribution in [3.8, 4) is 11.3 Å². The first-order valence-corrected chi connectivity index (χ1v) is 5.66. The van der Waals surface area contributed by atoms with Gasteiger partial charge in [-0.25, -0.2) is 4.79 Å². The summed E-state index contributed by atoms with van der Waals surface area (Å²) < 4.78 is 10.3. The number of methoxy groups -OCH3 is 1. The van der Waals surface area contributed by atoms with E-state index in [1.54, 1.807) is 12.1 Å². The topological polar surface area (TPSA) is 51.5 Å². The largest absolute Gasteiger partial charge is 0.465 e. The number of carbonyl (C=O) groups excluding carboxylic acids is 1. The summed E-state index contributed by atoms with van der Waals surface area (Å²) in [4.78, 5) is 11.3. The lowest BCUT2D eigenvalue weighted by atomic mass is 10.1. The molecule has 1 aromatic carbocycles. The van der Waals surface area contributed by atoms with E-state index >= 15 is 0 Å². The quantitative estimate of drug-likeness (QED) is 0.841. The van der Waals surface area contributed by atoms with E-state index in [4.69, 9.17) is 4.42 Å². The van der Waals surface area contributed by atoms with Gasteiger partial charge in [0.25, 0.3) is 0 Å². The fourth-order valence-corrected chi connectivity index (χ4v) is 1.69. The Balaban J connectivity index is 2.20. The number of rotatable bonds is 4. The molecule has 2 aromatic rings. The van der Waals surface area contributed by atoms with E-state index in [0.29, 0.717) is 12.1 Å². The summed E-state index contributed by atoms with van der Waals surface area (Å²) in [5.74, 6) is 1.33. The van der Waals surface area contributed by atoms with Crippen LogP contribution in [0.25, 0.3) is 11.3 Å². The summed E-state index contributed by atoms with van der Waals surface area (Å²) in [5, 5.41) is 3.03. The van der Waals surface area contributed by atoms with E-state index in [1.165, 1.54) is 7.11 Å². The van der Waals surface area contributed by atoms with E-state index in [2.05, 4.69) is 10.1 Å². The molecule has 0 fully saturated rings. The molecule has 0 aliphatic carbocycles. The number of hydrogen-bond donors (Lipinski definition) is 1. The van der Waals surface area contributed by atoms with Gasteiger partial charge < -0.3 is 14.5 Å². The highest BCUT2D eigenvalue weighted by Gasteiger charge is 2.07. The van der Waals surface area contributed by atoms with Crippen LogP contribution in [0, 0.1) is 0 Å². The van der Waals surface area contributed by atoms with Gasteiger partial charge in [0.05, 0.1) is 19.2 Å². The standard InChI is InChI=1S/C14H15NO3/c1-15-9-12-7-8-13(18-12)10-3-5-11(6-4-10)14(16)17-2/h3-8,15H,9H2,1-2H3. The Morgan fingerprint density at radius 3 is 2.56 bits per heavy atom. The molecule has 18 heavy (non-hydrogen) atoms. The highest BCUT2D eigenvalue weighted by atomic mass is 16.5. The van der Waals surface area contributed by atoms with Crippen molar-refractivity contribution >= 4 is 5.97 Å². The highest BCUT2D eigenvalue weighted by Crippen LogP contribution is 2.22. The van der Waals surface area contributed by atoms with Gasteiger partial charge in [0, 0.05) is 5.56 Å². The smallest absolute Gasteiger partial charge is 0.337 e. The Labute approximate surface area is 106 Å². The Morgan fingerprint density at radius 2 is 1.94 bits per heavy atom. The summed E-state index contributed by atoms with van der Waals surface area (Å²) >= 11 is 0. The normalized spacial score (nSPS) is 10.3. The fourth-order valence-electron chi connectivity index (χ4n) is 1.69. The number of ether oxygens (including phenoxy) is 1. The maximum Gasteiger partial charge on any atom is 0.337 e. The van der Waals surface area contributed by atoms with Crippen LogP contribution < -0.4 is 5.32 Å². The third-order valence-corrected chi connectivity index (χ3v) is 2.60. The Morgan fingerprint density at radius 1 is 1.22 bits per heavy atom. The Hall–Kier alpha value is -2.07. The molecule has 0 bridgehead atoms. The van der Waals surface area contributed by atoms with Crippen LogP contribution in [0.5, 0.6) is 0 Å².